The Kier molecular flexibility index (Phi) is 3.98. The Balaban J connectivity index is -0.000000180. The second-order valence-electron chi connectivity index (χ2n) is 1.92. The minimum Gasteiger partial charge on any atom is 2.00 e. The van der Waals surface area contributed by atoms with Gasteiger partial charge in [0.25, 0.3) is 0 Å². The molecule has 0 aromatic carbocycles. The third-order valence-electron chi connectivity index (χ3n) is 0. The van der Waals surface area contributed by atoms with Crippen molar-refractivity contribution >= 4 is 15.6 Å². The molecule has 0 heterocycles. The fraction of sp³-hybridized carbons (Fsp3) is 0. The van der Waals surface area contributed by atoms with Crippen LogP contribution in [0.4, 0.5) is 50.4 Å². The molecule has 0 saturated carbocycles. The normalized spacial score (nSPS) is 21.6. The van der Waals surface area contributed by atoms with Gasteiger partial charge in [0.15, 0.2) is 0 Å². The molecule has 0 aliphatic heterocycles. The van der Waals surface area contributed by atoms with E-state index in [4.69, 9.17) is 0 Å². The number of halogens is 12. The van der Waals surface area contributed by atoms with E-state index in [1.54, 1.807) is 0 Å². The summed E-state index contributed by atoms with van der Waals surface area (Å²) < 4.78 is 118. The monoisotopic (exact) mass is 353 g/mol. The van der Waals surface area contributed by atoms with Crippen molar-refractivity contribution in [1.29, 1.82) is 0 Å². The number of hydrogen-bond acceptors (Lipinski definition) is 0. The van der Waals surface area contributed by atoms with Gasteiger partial charge in [0.05, 0.1) is 0 Å². The first-order chi connectivity index (χ1) is 4.90. The van der Waals surface area contributed by atoms with E-state index in [1.807, 2.05) is 0 Å². The van der Waals surface area contributed by atoms with Crippen molar-refractivity contribution in [3.05, 3.63) is 0 Å². The molecule has 0 spiro atoms. The topological polar surface area (TPSA) is 0 Å². The van der Waals surface area contributed by atoms with Crippen molar-refractivity contribution in [3.63, 3.8) is 0 Å². The Morgan fingerprint density at radius 2 is 0.333 bits per heavy atom. The van der Waals surface area contributed by atoms with Gasteiger partial charge in [0, 0.05) is 0 Å². The van der Waals surface area contributed by atoms with Gasteiger partial charge in [0.1, 0.15) is 0 Å². The molecule has 105 valence electrons. The van der Waals surface area contributed by atoms with Crippen LogP contribution in [0.15, 0.2) is 0 Å². The summed E-state index contributed by atoms with van der Waals surface area (Å²) >= 11 is 0. The molecule has 1 radical (unpaired) electrons. The first-order valence-corrected chi connectivity index (χ1v) is 6.09. The summed E-state index contributed by atoms with van der Waals surface area (Å²) in [5, 5.41) is 0. The molecule has 0 nitrogen and oxygen atoms in total. The smallest absolute Gasteiger partial charge is 2.00 e. The van der Waals surface area contributed by atoms with Crippen LogP contribution in [0.2, 0.25) is 0 Å². The van der Waals surface area contributed by atoms with Gasteiger partial charge in [-0.2, -0.15) is 0 Å². The molecule has 0 bridgehead atoms. The van der Waals surface area contributed by atoms with Crippen LogP contribution >= 0.6 is 15.6 Å². The summed E-state index contributed by atoms with van der Waals surface area (Å²) in [7, 11) is -21.3. The molecule has 0 atom stereocenters. The van der Waals surface area contributed by atoms with Crippen LogP contribution in [0, 0.1) is 0 Å². The van der Waals surface area contributed by atoms with E-state index in [9.17, 15) is 50.4 Å². The predicted molar refractivity (Wildman–Crippen MR) is 27.1 cm³/mol. The first kappa shape index (κ1) is 20.9. The Hall–Kier alpha value is 0.539. The van der Waals surface area contributed by atoms with E-state index >= 15 is 0 Å². The molecule has 0 unspecified atom stereocenters. The summed E-state index contributed by atoms with van der Waals surface area (Å²) in [5.41, 5.74) is 0. The van der Waals surface area contributed by atoms with Crippen molar-refractivity contribution in [2.45, 2.75) is 0 Å². The van der Waals surface area contributed by atoms with Gasteiger partial charge in [-0.15, -0.1) is 0 Å². The molecule has 0 aliphatic carbocycles. The Morgan fingerprint density at radius 3 is 0.333 bits per heavy atom. The largest absolute Gasteiger partial charge is 2.00 e. The molecule has 0 aromatic heterocycles. The number of rotatable bonds is 0. The quantitative estimate of drug-likeness (QED) is 0.256. The summed E-state index contributed by atoms with van der Waals surface area (Å²) in [4.78, 5) is 0. The van der Waals surface area contributed by atoms with Crippen LogP contribution in [0.3, 0.4) is 0 Å². The summed E-state index contributed by atoms with van der Waals surface area (Å²) in [6.07, 6.45) is 0. The molecule has 0 saturated heterocycles. The predicted octanol–water partition coefficient (Wildman–Crippen LogP) is 6.76. The van der Waals surface area contributed by atoms with Crippen molar-refractivity contribution in [3.8, 4) is 0 Å². The molecule has 0 amide bonds. The van der Waals surface area contributed by atoms with E-state index in [-0.39, 0.29) is 17.1 Å². The van der Waals surface area contributed by atoms with E-state index in [2.05, 4.69) is 0 Å². The molecule has 0 N–H and O–H groups in total. The van der Waals surface area contributed by atoms with Gasteiger partial charge >= 0.3 is 83.0 Å². The number of hydrogen-bond donors (Lipinski definition) is 0. The van der Waals surface area contributed by atoms with Gasteiger partial charge in [-0.25, -0.2) is 0 Å². The van der Waals surface area contributed by atoms with Gasteiger partial charge in [-0.1, -0.05) is 0 Å². The first-order valence-electron chi connectivity index (χ1n) is 2.03. The van der Waals surface area contributed by atoms with Crippen LogP contribution in [-0.4, -0.2) is 0 Å². The molecule has 0 fully saturated rings. The fourth-order valence-corrected chi connectivity index (χ4v) is 0. The SMILES string of the molecule is F[P-](F)(F)(F)(F)F.F[P-](F)(F)(F)(F)F.[Cu+2]. The van der Waals surface area contributed by atoms with Crippen molar-refractivity contribution < 1.29 is 67.4 Å². The second-order valence-corrected chi connectivity index (χ2v) is 5.75. The molecule has 0 aromatic rings. The fourth-order valence-electron chi connectivity index (χ4n) is 0. The summed E-state index contributed by atoms with van der Waals surface area (Å²) in [6.45, 7) is 0. The maximum Gasteiger partial charge on any atom is 2.00 e. The minimum atomic E-state index is -10.7. The molecular weight excluding hydrogens is 353 g/mol. The second kappa shape index (κ2) is 2.86. The van der Waals surface area contributed by atoms with Crippen molar-refractivity contribution in [1.82, 2.24) is 0 Å². The standard InChI is InChI=1S/Cu.2F6P/c;2*1-7(2,3,4,5)6/q+2;2*-1. The molecule has 15 heteroatoms. The van der Waals surface area contributed by atoms with Gasteiger partial charge < -0.3 is 0 Å². The average molecular weight is 353 g/mol. The van der Waals surface area contributed by atoms with Crippen LogP contribution in [-0.2, 0) is 17.1 Å². The Labute approximate surface area is 83.9 Å². The van der Waals surface area contributed by atoms with Crippen LogP contribution in [0.1, 0.15) is 0 Å². The minimum absolute atomic E-state index is 0. The van der Waals surface area contributed by atoms with Crippen LogP contribution < -0.4 is 0 Å². The van der Waals surface area contributed by atoms with Gasteiger partial charge in [0.2, 0.25) is 0 Å². The zero-order valence-corrected chi connectivity index (χ0v) is 8.46. The van der Waals surface area contributed by atoms with E-state index in [1.165, 1.54) is 0 Å². The van der Waals surface area contributed by atoms with Gasteiger partial charge in [-0.3, -0.25) is 0 Å². The molecule has 0 rings (SSSR count). The summed E-state index contributed by atoms with van der Waals surface area (Å²) in [5.74, 6) is 0. The van der Waals surface area contributed by atoms with E-state index in [0.29, 0.717) is 0 Å². The maximum atomic E-state index is 9.87. The van der Waals surface area contributed by atoms with Crippen LogP contribution in [0.25, 0.3) is 0 Å². The molecule has 15 heavy (non-hydrogen) atoms. The zero-order valence-electron chi connectivity index (χ0n) is 5.73. The van der Waals surface area contributed by atoms with Crippen LogP contribution in [0.5, 0.6) is 0 Å². The molecular formula is CuF12P2. The van der Waals surface area contributed by atoms with Crippen molar-refractivity contribution in [2.24, 2.45) is 0 Å². The third kappa shape index (κ3) is 7860. The maximum absolute atomic E-state index is 10.7. The molecule has 0 aliphatic rings. The van der Waals surface area contributed by atoms with E-state index in [0.717, 1.165) is 0 Å². The Bertz CT molecular complexity index is 161. The van der Waals surface area contributed by atoms with Crippen molar-refractivity contribution in [2.75, 3.05) is 0 Å². The zero-order chi connectivity index (χ0) is 12.8. The van der Waals surface area contributed by atoms with E-state index < -0.39 is 15.6 Å². The summed E-state index contributed by atoms with van der Waals surface area (Å²) in [6, 6.07) is 0. The average Bonchev–Trinajstić information content (AvgIpc) is 0.938. The third-order valence-corrected chi connectivity index (χ3v) is 0. The van der Waals surface area contributed by atoms with Gasteiger partial charge in [-0.05, 0) is 0 Å². The Morgan fingerprint density at radius 1 is 0.333 bits per heavy atom.